The van der Waals surface area contributed by atoms with Gasteiger partial charge < -0.3 is 0 Å². The van der Waals surface area contributed by atoms with Gasteiger partial charge in [0, 0.05) is 44.5 Å². The van der Waals surface area contributed by atoms with Gasteiger partial charge in [0.2, 0.25) is 0 Å². The van der Waals surface area contributed by atoms with Crippen LogP contribution >= 0.6 is 0 Å². The maximum atomic E-state index is 16.5. The lowest BCUT2D eigenvalue weighted by atomic mass is 9.97. The Morgan fingerprint density at radius 1 is 0.300 bits per heavy atom. The van der Waals surface area contributed by atoms with Crippen LogP contribution in [0.2, 0.25) is 0 Å². The molecule has 234 valence electrons. The summed E-state index contributed by atoms with van der Waals surface area (Å²) in [5, 5.41) is 0. The van der Waals surface area contributed by atoms with Crippen molar-refractivity contribution in [1.29, 1.82) is 0 Å². The predicted octanol–water partition coefficient (Wildman–Crippen LogP) is 10.6. The van der Waals surface area contributed by atoms with E-state index >= 15 is 8.78 Å². The Kier molecular flexibility index (Phi) is 9.38. The van der Waals surface area contributed by atoms with Crippen molar-refractivity contribution >= 4 is 0 Å². The highest BCUT2D eigenvalue weighted by Crippen LogP contribution is 2.37. The largest absolute Gasteiger partial charge is 0.242 e. The molecule has 0 aliphatic heterocycles. The minimum absolute atomic E-state index is 0.0415. The minimum atomic E-state index is -0.747. The van der Waals surface area contributed by atoms with E-state index in [0.29, 0.717) is 16.7 Å². The first-order chi connectivity index (χ1) is 24.6. The van der Waals surface area contributed by atoms with E-state index in [1.807, 2.05) is 115 Å². The lowest BCUT2D eigenvalue weighted by molar-refractivity contribution is 0.585. The van der Waals surface area contributed by atoms with Gasteiger partial charge in [-0.1, -0.05) is 127 Å². The van der Waals surface area contributed by atoms with Gasteiger partial charge in [0.25, 0.3) is 0 Å². The van der Waals surface area contributed by atoms with Crippen molar-refractivity contribution in [2.75, 3.05) is 0 Å². The summed E-state index contributed by atoms with van der Waals surface area (Å²) in [6, 6.07) is 50.2. The zero-order valence-electron chi connectivity index (χ0n) is 26.8. The van der Waals surface area contributed by atoms with Gasteiger partial charge >= 0.3 is 0 Å². The van der Waals surface area contributed by atoms with E-state index in [1.54, 1.807) is 48.5 Å². The van der Waals surface area contributed by atoms with Crippen molar-refractivity contribution in [3.05, 3.63) is 209 Å². The molecule has 1 aromatic heterocycles. The van der Waals surface area contributed by atoms with Crippen LogP contribution in [0.3, 0.4) is 0 Å². The first-order valence-electron chi connectivity index (χ1n) is 16.0. The van der Waals surface area contributed by atoms with Crippen LogP contribution in [-0.2, 0) is 0 Å². The molecule has 7 rings (SSSR count). The van der Waals surface area contributed by atoms with Crippen LogP contribution in [-0.4, -0.2) is 4.98 Å². The van der Waals surface area contributed by atoms with E-state index in [9.17, 15) is 0 Å². The molecule has 0 saturated carbocycles. The van der Waals surface area contributed by atoms with Crippen LogP contribution in [0.25, 0.3) is 33.6 Å². The van der Waals surface area contributed by atoms with E-state index < -0.39 is 11.6 Å². The maximum Gasteiger partial charge on any atom is 0.160 e. The highest BCUT2D eigenvalue weighted by atomic mass is 19.1. The van der Waals surface area contributed by atoms with Gasteiger partial charge in [-0.2, -0.15) is 0 Å². The van der Waals surface area contributed by atoms with Crippen molar-refractivity contribution in [1.82, 2.24) is 4.98 Å². The fraction of sp³-hybridized carbons (Fsp3) is 0. The van der Waals surface area contributed by atoms with Gasteiger partial charge in [0.15, 0.2) is 11.6 Å². The van der Waals surface area contributed by atoms with Gasteiger partial charge in [0.05, 0.1) is 5.56 Å². The summed E-state index contributed by atoms with van der Waals surface area (Å²) in [7, 11) is 0. The first-order valence-corrected chi connectivity index (χ1v) is 16.0. The van der Waals surface area contributed by atoms with Crippen LogP contribution in [0.5, 0.6) is 0 Å². The molecule has 6 aromatic carbocycles. The standard InChI is InChI=1S/C47H27F2N/c48-44-43(40-28-22-37(23-29-40)19-16-34-10-4-1-5-11-34)45(49)47(42-32-26-39(27-33-42)21-18-36-14-8-3-9-15-36)50-46(44)41-30-24-38(25-31-41)20-17-35-12-6-2-7-13-35/h1-15,22-33H. The number of hydrogen-bond acceptors (Lipinski definition) is 1. The molecule has 0 bridgehead atoms. The molecule has 0 fully saturated rings. The number of aromatic nitrogens is 1. The molecule has 0 spiro atoms. The topological polar surface area (TPSA) is 12.9 Å². The number of pyridine rings is 1. The number of halogens is 2. The Bertz CT molecular complexity index is 2330. The predicted molar refractivity (Wildman–Crippen MR) is 198 cm³/mol. The summed E-state index contributed by atoms with van der Waals surface area (Å²) in [4.78, 5) is 4.58. The number of rotatable bonds is 3. The Morgan fingerprint density at radius 2 is 0.560 bits per heavy atom. The molecule has 0 amide bonds. The van der Waals surface area contributed by atoms with Crippen LogP contribution < -0.4 is 0 Å². The monoisotopic (exact) mass is 643 g/mol. The van der Waals surface area contributed by atoms with Gasteiger partial charge in [-0.3, -0.25) is 0 Å². The van der Waals surface area contributed by atoms with Crippen molar-refractivity contribution in [3.63, 3.8) is 0 Å². The Balaban J connectivity index is 1.27. The number of hydrogen-bond donors (Lipinski definition) is 0. The van der Waals surface area contributed by atoms with E-state index in [2.05, 4.69) is 40.5 Å². The van der Waals surface area contributed by atoms with Crippen molar-refractivity contribution in [2.45, 2.75) is 0 Å². The molecule has 0 aliphatic rings. The normalized spacial score (nSPS) is 10.1. The third-order valence-corrected chi connectivity index (χ3v) is 7.94. The molecule has 0 unspecified atom stereocenters. The second-order valence-electron chi connectivity index (χ2n) is 11.4. The minimum Gasteiger partial charge on any atom is -0.242 e. The molecule has 50 heavy (non-hydrogen) atoms. The molecular weight excluding hydrogens is 617 g/mol. The second kappa shape index (κ2) is 14.8. The summed E-state index contributed by atoms with van der Waals surface area (Å²) in [5.74, 6) is 17.3. The second-order valence-corrected chi connectivity index (χ2v) is 11.4. The zero-order chi connectivity index (χ0) is 34.1. The van der Waals surface area contributed by atoms with Crippen LogP contribution in [0.1, 0.15) is 33.4 Å². The molecule has 0 saturated heterocycles. The summed E-state index contributed by atoms with van der Waals surface area (Å²) in [5.41, 5.74) is 6.24. The zero-order valence-corrected chi connectivity index (χ0v) is 26.8. The summed E-state index contributed by atoms with van der Waals surface area (Å²) >= 11 is 0. The van der Waals surface area contributed by atoms with E-state index in [-0.39, 0.29) is 17.0 Å². The summed E-state index contributed by atoms with van der Waals surface area (Å²) in [6.07, 6.45) is 0. The van der Waals surface area contributed by atoms with Gasteiger partial charge in [-0.15, -0.1) is 0 Å². The van der Waals surface area contributed by atoms with Gasteiger partial charge in [0.1, 0.15) is 11.4 Å². The SMILES string of the molecule is Fc1c(-c2ccc(C#Cc3ccccc3)cc2)nc(-c2ccc(C#Cc3ccccc3)cc2)c(F)c1-c1ccc(C#Cc2ccccc2)cc1. The molecule has 0 N–H and O–H groups in total. The lowest BCUT2D eigenvalue weighted by Crippen LogP contribution is -2.02. The third-order valence-electron chi connectivity index (χ3n) is 7.94. The molecule has 0 radical (unpaired) electrons. The third kappa shape index (κ3) is 7.43. The number of nitrogens with zero attached hydrogens (tertiary/aromatic N) is 1. The van der Waals surface area contributed by atoms with Gasteiger partial charge in [-0.05, 0) is 78.4 Å². The smallest absolute Gasteiger partial charge is 0.160 e. The quantitative estimate of drug-likeness (QED) is 0.175. The van der Waals surface area contributed by atoms with E-state index in [1.165, 1.54) is 0 Å². The maximum absolute atomic E-state index is 16.5. The van der Waals surface area contributed by atoms with E-state index in [4.69, 9.17) is 0 Å². The summed E-state index contributed by atoms with van der Waals surface area (Å²) < 4.78 is 33.0. The van der Waals surface area contributed by atoms with Crippen molar-refractivity contribution in [2.24, 2.45) is 0 Å². The Labute approximate surface area is 291 Å². The molecule has 7 aromatic rings. The Morgan fingerprint density at radius 3 is 0.860 bits per heavy atom. The average molecular weight is 644 g/mol. The van der Waals surface area contributed by atoms with Crippen molar-refractivity contribution < 1.29 is 8.78 Å². The molecule has 1 nitrogen and oxygen atoms in total. The molecule has 3 heteroatoms. The highest BCUT2D eigenvalue weighted by molar-refractivity contribution is 5.79. The fourth-order valence-corrected chi connectivity index (χ4v) is 5.32. The number of benzene rings is 6. The van der Waals surface area contributed by atoms with E-state index in [0.717, 1.165) is 33.4 Å². The fourth-order valence-electron chi connectivity index (χ4n) is 5.32. The highest BCUT2D eigenvalue weighted by Gasteiger charge is 2.23. The van der Waals surface area contributed by atoms with Crippen LogP contribution in [0, 0.1) is 47.2 Å². The Hall–Kier alpha value is -6.99. The van der Waals surface area contributed by atoms with Gasteiger partial charge in [-0.25, -0.2) is 13.8 Å². The van der Waals surface area contributed by atoms with Crippen molar-refractivity contribution in [3.8, 4) is 69.2 Å². The first kappa shape index (κ1) is 31.6. The molecular formula is C47H27F2N. The summed E-state index contributed by atoms with van der Waals surface area (Å²) in [6.45, 7) is 0. The molecule has 0 aliphatic carbocycles. The lowest BCUT2D eigenvalue weighted by Gasteiger charge is -2.14. The van der Waals surface area contributed by atoms with Crippen LogP contribution in [0.4, 0.5) is 8.78 Å². The molecule has 0 atom stereocenters. The average Bonchev–Trinajstić information content (AvgIpc) is 3.18. The van der Waals surface area contributed by atoms with Crippen LogP contribution in [0.15, 0.2) is 164 Å². The molecule has 1 heterocycles.